The molecule has 1 aliphatic rings. The number of tetrazole rings is 1. The molecule has 0 radical (unpaired) electrons. The molecule has 0 atom stereocenters. The molecular formula is C27H21N7O3S. The molecule has 0 aliphatic heterocycles. The summed E-state index contributed by atoms with van der Waals surface area (Å²) in [6, 6.07) is 22.0. The Morgan fingerprint density at radius 1 is 0.974 bits per heavy atom. The van der Waals surface area contributed by atoms with Crippen molar-refractivity contribution in [3.8, 4) is 22.5 Å². The van der Waals surface area contributed by atoms with E-state index < -0.39 is 11.9 Å². The Bertz CT molecular complexity index is 1700. The minimum Gasteiger partial charge on any atom is -0.478 e. The summed E-state index contributed by atoms with van der Waals surface area (Å²) in [5, 5.41) is 29.5. The molecule has 0 bridgehead atoms. The number of aromatic carboxylic acids is 1. The number of amides is 1. The minimum absolute atomic E-state index is 0.0533. The van der Waals surface area contributed by atoms with Gasteiger partial charge in [0.25, 0.3) is 5.91 Å². The molecule has 0 spiro atoms. The van der Waals surface area contributed by atoms with Crippen LogP contribution in [0.25, 0.3) is 22.5 Å². The minimum atomic E-state index is -1.17. The number of carboxylic acid groups (broad SMARTS) is 1. The molecule has 3 aromatic carbocycles. The van der Waals surface area contributed by atoms with E-state index in [-0.39, 0.29) is 11.1 Å². The summed E-state index contributed by atoms with van der Waals surface area (Å²) >= 11 is 1.38. The van der Waals surface area contributed by atoms with Crippen LogP contribution in [0.3, 0.4) is 0 Å². The molecule has 0 saturated heterocycles. The number of carbonyl (C=O) groups is 2. The fourth-order valence-corrected chi connectivity index (χ4v) is 5.25. The number of nitrogens with one attached hydrogen (secondary N) is 1. The highest BCUT2D eigenvalue weighted by Gasteiger charge is 2.28. The number of H-pyrrole nitrogens is 1. The average molecular weight is 524 g/mol. The third-order valence-corrected chi connectivity index (χ3v) is 7.37. The molecule has 188 valence electrons. The van der Waals surface area contributed by atoms with Crippen molar-refractivity contribution in [1.82, 2.24) is 30.4 Å². The van der Waals surface area contributed by atoms with E-state index in [9.17, 15) is 14.7 Å². The number of hydrogen-bond acceptors (Lipinski definition) is 7. The number of carbonyl (C=O) groups excluding carboxylic acids is 1. The van der Waals surface area contributed by atoms with E-state index in [2.05, 4.69) is 25.6 Å². The largest absolute Gasteiger partial charge is 0.478 e. The number of rotatable bonds is 7. The second-order valence-corrected chi connectivity index (χ2v) is 9.89. The maximum atomic E-state index is 13.0. The van der Waals surface area contributed by atoms with Gasteiger partial charge in [-0.1, -0.05) is 72.0 Å². The highest BCUT2D eigenvalue weighted by molar-refractivity contribution is 7.09. The number of aromatic nitrogens is 6. The van der Waals surface area contributed by atoms with Gasteiger partial charge >= 0.3 is 5.97 Å². The van der Waals surface area contributed by atoms with Gasteiger partial charge < -0.3 is 5.11 Å². The quantitative estimate of drug-likeness (QED) is 0.327. The highest BCUT2D eigenvalue weighted by Crippen LogP contribution is 2.40. The summed E-state index contributed by atoms with van der Waals surface area (Å²) in [6.45, 7) is 0.419. The van der Waals surface area contributed by atoms with Crippen LogP contribution in [0.1, 0.15) is 50.0 Å². The first-order valence-electron chi connectivity index (χ1n) is 12.0. The molecule has 6 rings (SSSR count). The van der Waals surface area contributed by atoms with E-state index in [1.54, 1.807) is 16.8 Å². The third kappa shape index (κ3) is 4.78. The molecule has 0 unspecified atom stereocenters. The van der Waals surface area contributed by atoms with Gasteiger partial charge in [0.05, 0.1) is 17.7 Å². The van der Waals surface area contributed by atoms with Gasteiger partial charge in [0.15, 0.2) is 0 Å². The Hall–Kier alpha value is -4.77. The Morgan fingerprint density at radius 2 is 1.68 bits per heavy atom. The van der Waals surface area contributed by atoms with Gasteiger partial charge in [0.1, 0.15) is 5.01 Å². The van der Waals surface area contributed by atoms with Crippen LogP contribution < -0.4 is 4.80 Å². The van der Waals surface area contributed by atoms with E-state index in [4.69, 9.17) is 5.10 Å². The Kier molecular flexibility index (Phi) is 6.18. The van der Waals surface area contributed by atoms with Gasteiger partial charge in [-0.2, -0.15) is 15.3 Å². The lowest BCUT2D eigenvalue weighted by Gasteiger charge is -2.08. The summed E-state index contributed by atoms with van der Waals surface area (Å²) in [5.74, 6) is -0.853. The van der Waals surface area contributed by atoms with Crippen LogP contribution >= 0.6 is 11.3 Å². The van der Waals surface area contributed by atoms with E-state index in [0.29, 0.717) is 23.1 Å². The molecule has 2 aromatic heterocycles. The molecule has 1 saturated carbocycles. The van der Waals surface area contributed by atoms with Crippen molar-refractivity contribution >= 4 is 23.2 Å². The second-order valence-electron chi connectivity index (χ2n) is 8.90. The molecule has 1 fully saturated rings. The van der Waals surface area contributed by atoms with Crippen LogP contribution in [-0.4, -0.2) is 47.4 Å². The van der Waals surface area contributed by atoms with E-state index in [1.165, 1.54) is 23.5 Å². The molecule has 1 amide bonds. The summed E-state index contributed by atoms with van der Waals surface area (Å²) in [7, 11) is 0. The molecule has 10 nitrogen and oxygen atoms in total. The van der Waals surface area contributed by atoms with Gasteiger partial charge in [-0.05, 0) is 46.9 Å². The van der Waals surface area contributed by atoms with Gasteiger partial charge in [-0.3, -0.25) is 4.79 Å². The number of carboxylic acids is 1. The SMILES string of the molecule is O=C(O)c1ccccc1C(=O)N=c1sc(C2CC2)nn1Cc1ccc(-c2ccccc2-c2nn[nH]n2)cc1. The number of aromatic amines is 1. The third-order valence-electron chi connectivity index (χ3n) is 6.26. The van der Waals surface area contributed by atoms with Crippen molar-refractivity contribution in [2.75, 3.05) is 0 Å². The first-order chi connectivity index (χ1) is 18.6. The predicted octanol–water partition coefficient (Wildman–Crippen LogP) is 4.16. The van der Waals surface area contributed by atoms with Gasteiger partial charge in [-0.15, -0.1) is 10.2 Å². The van der Waals surface area contributed by atoms with Crippen molar-refractivity contribution in [3.05, 3.63) is 99.3 Å². The highest BCUT2D eigenvalue weighted by atomic mass is 32.1. The van der Waals surface area contributed by atoms with Crippen LogP contribution in [-0.2, 0) is 6.54 Å². The summed E-state index contributed by atoms with van der Waals surface area (Å²) in [6.07, 6.45) is 2.13. The standard InChI is InChI=1S/C27H21N7O3S/c35-24(21-7-3-4-8-22(21)26(36)37)28-27-34(31-25(38-27)18-13-14-18)15-16-9-11-17(12-10-16)19-5-1-2-6-20(19)23-29-32-33-30-23/h1-12,18H,13-15H2,(H,36,37)(H,29,30,32,33). The lowest BCUT2D eigenvalue weighted by molar-refractivity contribution is 0.0692. The van der Waals surface area contributed by atoms with Gasteiger partial charge in [0, 0.05) is 11.5 Å². The van der Waals surface area contributed by atoms with Crippen molar-refractivity contribution in [2.24, 2.45) is 4.99 Å². The van der Waals surface area contributed by atoms with Crippen LogP contribution in [0, 0.1) is 0 Å². The maximum Gasteiger partial charge on any atom is 0.336 e. The van der Waals surface area contributed by atoms with Gasteiger partial charge in [-0.25, -0.2) is 9.48 Å². The second kappa shape index (κ2) is 9.94. The van der Waals surface area contributed by atoms with Crippen LogP contribution in [0.4, 0.5) is 0 Å². The van der Waals surface area contributed by atoms with Crippen molar-refractivity contribution in [2.45, 2.75) is 25.3 Å². The first-order valence-corrected chi connectivity index (χ1v) is 12.8. The molecule has 2 N–H and O–H groups in total. The van der Waals surface area contributed by atoms with E-state index in [0.717, 1.165) is 40.1 Å². The molecular weight excluding hydrogens is 502 g/mol. The molecule has 11 heteroatoms. The number of nitrogens with zero attached hydrogens (tertiary/aromatic N) is 6. The van der Waals surface area contributed by atoms with Crippen molar-refractivity contribution in [3.63, 3.8) is 0 Å². The fourth-order valence-electron chi connectivity index (χ4n) is 4.18. The first kappa shape index (κ1) is 23.6. The molecule has 2 heterocycles. The zero-order chi connectivity index (χ0) is 26.1. The van der Waals surface area contributed by atoms with Crippen LogP contribution in [0.15, 0.2) is 77.8 Å². The Balaban J connectivity index is 1.31. The lowest BCUT2D eigenvalue weighted by Crippen LogP contribution is -2.20. The maximum absolute atomic E-state index is 13.0. The molecule has 5 aromatic rings. The molecule has 1 aliphatic carbocycles. The lowest BCUT2D eigenvalue weighted by atomic mass is 9.98. The normalized spacial score (nSPS) is 13.5. The van der Waals surface area contributed by atoms with Gasteiger partial charge in [0.2, 0.25) is 10.6 Å². The summed E-state index contributed by atoms with van der Waals surface area (Å²) < 4.78 is 1.72. The van der Waals surface area contributed by atoms with Crippen LogP contribution in [0.2, 0.25) is 0 Å². The van der Waals surface area contributed by atoms with E-state index >= 15 is 0 Å². The Labute approximate surface area is 220 Å². The van der Waals surface area contributed by atoms with Crippen LogP contribution in [0.5, 0.6) is 0 Å². The average Bonchev–Trinajstić information content (AvgIpc) is 3.50. The van der Waals surface area contributed by atoms with E-state index in [1.807, 2.05) is 48.5 Å². The number of hydrogen-bond donors (Lipinski definition) is 2. The Morgan fingerprint density at radius 3 is 2.37 bits per heavy atom. The molecule has 38 heavy (non-hydrogen) atoms. The zero-order valence-corrected chi connectivity index (χ0v) is 20.8. The summed E-state index contributed by atoms with van der Waals surface area (Å²) in [4.78, 5) is 29.3. The summed E-state index contributed by atoms with van der Waals surface area (Å²) in [5.41, 5.74) is 3.82. The zero-order valence-electron chi connectivity index (χ0n) is 20.0. The number of benzene rings is 3. The van der Waals surface area contributed by atoms with Crippen molar-refractivity contribution in [1.29, 1.82) is 0 Å². The fraction of sp³-hybridized carbons (Fsp3) is 0.148. The predicted molar refractivity (Wildman–Crippen MR) is 140 cm³/mol. The van der Waals surface area contributed by atoms with Crippen molar-refractivity contribution < 1.29 is 14.7 Å². The smallest absolute Gasteiger partial charge is 0.336 e. The monoisotopic (exact) mass is 523 g/mol. The topological polar surface area (TPSA) is 139 Å².